The van der Waals surface area contributed by atoms with Crippen molar-refractivity contribution in [1.29, 1.82) is 0 Å². The molecule has 1 saturated heterocycles. The summed E-state index contributed by atoms with van der Waals surface area (Å²) in [6.45, 7) is 5.20. The Labute approximate surface area is 157 Å². The van der Waals surface area contributed by atoms with E-state index in [1.807, 2.05) is 25.1 Å². The highest BCUT2D eigenvalue weighted by Gasteiger charge is 2.25. The third-order valence-electron chi connectivity index (χ3n) is 4.07. The molecule has 0 amide bonds. The van der Waals surface area contributed by atoms with E-state index in [0.717, 1.165) is 32.0 Å². The second-order valence-corrected chi connectivity index (χ2v) is 6.65. The smallest absolute Gasteiger partial charge is 0.165 e. The predicted molar refractivity (Wildman–Crippen MR) is 103 cm³/mol. The van der Waals surface area contributed by atoms with Gasteiger partial charge in [-0.3, -0.25) is 10.3 Å². The minimum Gasteiger partial charge on any atom is -0.379 e. The molecule has 0 unspecified atom stereocenters. The Kier molecular flexibility index (Phi) is 6.26. The number of halogens is 2. The summed E-state index contributed by atoms with van der Waals surface area (Å²) in [5.74, 6) is 0.485. The zero-order valence-electron chi connectivity index (χ0n) is 14.0. The van der Waals surface area contributed by atoms with Crippen LogP contribution in [0, 0.1) is 0 Å². The molecule has 2 heterocycles. The maximum atomic E-state index is 6.15. The predicted octanol–water partition coefficient (Wildman–Crippen LogP) is 4.25. The monoisotopic (exact) mass is 378 g/mol. The molecule has 1 atom stereocenters. The Morgan fingerprint density at radius 3 is 2.64 bits per heavy atom. The fraction of sp³-hybridized carbons (Fsp3) is 0.333. The number of pyridine rings is 1. The van der Waals surface area contributed by atoms with Gasteiger partial charge in [0, 0.05) is 19.3 Å². The Morgan fingerprint density at radius 2 is 1.96 bits per heavy atom. The van der Waals surface area contributed by atoms with Crippen molar-refractivity contribution in [2.24, 2.45) is 5.10 Å². The topological polar surface area (TPSA) is 49.8 Å². The molecule has 132 valence electrons. The number of morpholine rings is 1. The molecule has 1 aromatic carbocycles. The van der Waals surface area contributed by atoms with E-state index in [4.69, 9.17) is 27.9 Å². The van der Waals surface area contributed by atoms with E-state index in [9.17, 15) is 0 Å². The Balaban J connectivity index is 1.84. The number of nitrogens with one attached hydrogen (secondary N) is 1. The van der Waals surface area contributed by atoms with Crippen molar-refractivity contribution in [2.75, 3.05) is 31.7 Å². The molecular weight excluding hydrogens is 359 g/mol. The number of hydrogen-bond acceptors (Lipinski definition) is 5. The van der Waals surface area contributed by atoms with E-state index in [1.165, 1.54) is 11.8 Å². The molecule has 0 saturated carbocycles. The summed E-state index contributed by atoms with van der Waals surface area (Å²) in [6.07, 6.45) is 1.54. The molecule has 0 spiro atoms. The normalized spacial score (nSPS) is 17.3. The lowest BCUT2D eigenvalue weighted by Gasteiger charge is -2.34. The first-order valence-electron chi connectivity index (χ1n) is 8.13. The van der Waals surface area contributed by atoms with Crippen LogP contribution in [0.25, 0.3) is 0 Å². The molecule has 2 aromatic rings. The quantitative estimate of drug-likeness (QED) is 0.623. The largest absolute Gasteiger partial charge is 0.379 e. The van der Waals surface area contributed by atoms with Crippen LogP contribution in [-0.4, -0.2) is 41.9 Å². The number of aromatic nitrogens is 1. The number of anilines is 1. The minimum atomic E-state index is 0.0728. The maximum Gasteiger partial charge on any atom is 0.165 e. The molecule has 25 heavy (non-hydrogen) atoms. The highest BCUT2D eigenvalue weighted by molar-refractivity contribution is 6.35. The van der Waals surface area contributed by atoms with Crippen LogP contribution >= 0.6 is 23.2 Å². The minimum absolute atomic E-state index is 0.0728. The van der Waals surface area contributed by atoms with Crippen LogP contribution in [0.4, 0.5) is 5.82 Å². The van der Waals surface area contributed by atoms with Gasteiger partial charge in [-0.25, -0.2) is 4.98 Å². The summed E-state index contributed by atoms with van der Waals surface area (Å²) in [5.41, 5.74) is 5.09. The van der Waals surface area contributed by atoms with E-state index in [1.54, 1.807) is 6.07 Å². The van der Waals surface area contributed by atoms with Gasteiger partial charge in [0.15, 0.2) is 5.82 Å². The highest BCUT2D eigenvalue weighted by atomic mass is 35.5. The van der Waals surface area contributed by atoms with Gasteiger partial charge >= 0.3 is 0 Å². The van der Waals surface area contributed by atoms with Crippen molar-refractivity contribution in [3.05, 3.63) is 58.2 Å². The number of nitrogens with zero attached hydrogens (tertiary/aromatic N) is 3. The molecule has 5 nitrogen and oxygen atoms in total. The average Bonchev–Trinajstić information content (AvgIpc) is 2.63. The van der Waals surface area contributed by atoms with Crippen molar-refractivity contribution in [3.8, 4) is 0 Å². The van der Waals surface area contributed by atoms with Gasteiger partial charge in [0.1, 0.15) is 0 Å². The van der Waals surface area contributed by atoms with Gasteiger partial charge in [-0.2, -0.15) is 5.10 Å². The van der Waals surface area contributed by atoms with E-state index in [2.05, 4.69) is 32.5 Å². The fourth-order valence-corrected chi connectivity index (χ4v) is 3.31. The van der Waals surface area contributed by atoms with Gasteiger partial charge in [-0.05, 0) is 18.6 Å². The number of hydrazone groups is 1. The Hall–Kier alpha value is -1.66. The number of rotatable bonds is 5. The fourth-order valence-electron chi connectivity index (χ4n) is 2.89. The van der Waals surface area contributed by atoms with Crippen LogP contribution in [-0.2, 0) is 4.74 Å². The van der Waals surface area contributed by atoms with E-state index in [-0.39, 0.29) is 6.04 Å². The molecule has 7 heteroatoms. The Bertz CT molecular complexity index is 733. The first-order valence-corrected chi connectivity index (χ1v) is 8.88. The molecule has 0 bridgehead atoms. The lowest BCUT2D eigenvalue weighted by Crippen LogP contribution is -2.41. The van der Waals surface area contributed by atoms with Crippen LogP contribution < -0.4 is 5.43 Å². The van der Waals surface area contributed by atoms with Crippen molar-refractivity contribution in [2.45, 2.75) is 13.0 Å². The molecular formula is C18H20Cl2N4O. The first kappa shape index (κ1) is 18.1. The van der Waals surface area contributed by atoms with E-state index in [0.29, 0.717) is 15.9 Å². The lowest BCUT2D eigenvalue weighted by molar-refractivity contribution is 0.0286. The zero-order valence-corrected chi connectivity index (χ0v) is 15.5. The van der Waals surface area contributed by atoms with Crippen molar-refractivity contribution in [1.82, 2.24) is 9.88 Å². The van der Waals surface area contributed by atoms with Crippen molar-refractivity contribution in [3.63, 3.8) is 0 Å². The SMILES string of the molecule is C/C(=N/Nc1ncc(Cl)cc1Cl)[C@@H](c1ccccc1)N1CCOCC1. The number of benzene rings is 1. The van der Waals surface area contributed by atoms with Crippen LogP contribution in [0.5, 0.6) is 0 Å². The van der Waals surface area contributed by atoms with Crippen molar-refractivity contribution < 1.29 is 4.74 Å². The molecule has 0 radical (unpaired) electrons. The van der Waals surface area contributed by atoms with Gasteiger partial charge in [0.05, 0.1) is 35.0 Å². The van der Waals surface area contributed by atoms with Gasteiger partial charge in [-0.1, -0.05) is 53.5 Å². The third-order valence-corrected chi connectivity index (χ3v) is 4.56. The van der Waals surface area contributed by atoms with Gasteiger partial charge in [0.2, 0.25) is 0 Å². The van der Waals surface area contributed by atoms with E-state index < -0.39 is 0 Å². The van der Waals surface area contributed by atoms with Gasteiger partial charge < -0.3 is 4.74 Å². The molecule has 1 aromatic heterocycles. The summed E-state index contributed by atoms with van der Waals surface area (Å²) < 4.78 is 5.48. The van der Waals surface area contributed by atoms with Crippen LogP contribution in [0.2, 0.25) is 10.0 Å². The number of hydrogen-bond donors (Lipinski definition) is 1. The van der Waals surface area contributed by atoms with Crippen LogP contribution in [0.15, 0.2) is 47.7 Å². The Morgan fingerprint density at radius 1 is 1.24 bits per heavy atom. The summed E-state index contributed by atoms with van der Waals surface area (Å²) >= 11 is 12.0. The summed E-state index contributed by atoms with van der Waals surface area (Å²) in [5, 5.41) is 5.46. The number of ether oxygens (including phenoxy) is 1. The average molecular weight is 379 g/mol. The lowest BCUT2D eigenvalue weighted by atomic mass is 10.0. The molecule has 0 aliphatic carbocycles. The highest BCUT2D eigenvalue weighted by Crippen LogP contribution is 2.25. The third kappa shape index (κ3) is 4.70. The molecule has 3 rings (SSSR count). The first-order chi connectivity index (χ1) is 12.1. The summed E-state index contributed by atoms with van der Waals surface area (Å²) in [4.78, 5) is 6.55. The molecule has 1 aliphatic rings. The van der Waals surface area contributed by atoms with Crippen molar-refractivity contribution >= 4 is 34.7 Å². The van der Waals surface area contributed by atoms with Crippen LogP contribution in [0.3, 0.4) is 0 Å². The standard InChI is InChI=1S/C18H20Cl2N4O/c1-13(22-23-18-16(20)11-15(19)12-21-18)17(14-5-3-2-4-6-14)24-7-9-25-10-8-24/h2-6,11-12,17H,7-10H2,1H3,(H,21,23)/b22-13-/t17-/m0/s1. The van der Waals surface area contributed by atoms with E-state index >= 15 is 0 Å². The summed E-state index contributed by atoms with van der Waals surface area (Å²) in [7, 11) is 0. The van der Waals surface area contributed by atoms with Gasteiger partial charge in [0.25, 0.3) is 0 Å². The second kappa shape index (κ2) is 8.63. The molecule has 1 fully saturated rings. The zero-order chi connectivity index (χ0) is 17.6. The second-order valence-electron chi connectivity index (χ2n) is 5.81. The summed E-state index contributed by atoms with van der Waals surface area (Å²) in [6, 6.07) is 12.0. The molecule has 1 N–H and O–H groups in total. The maximum absolute atomic E-state index is 6.15. The van der Waals surface area contributed by atoms with Gasteiger partial charge in [-0.15, -0.1) is 0 Å². The van der Waals surface area contributed by atoms with Crippen LogP contribution in [0.1, 0.15) is 18.5 Å². The molecule has 1 aliphatic heterocycles.